The molecule has 3 heteroatoms. The second-order valence-corrected chi connectivity index (χ2v) is 3.69. The number of hydrogen-bond acceptors (Lipinski definition) is 3. The van der Waals surface area contributed by atoms with E-state index in [1.807, 2.05) is 18.2 Å². The van der Waals surface area contributed by atoms with Gasteiger partial charge in [0.25, 0.3) is 0 Å². The summed E-state index contributed by atoms with van der Waals surface area (Å²) in [5, 5.41) is 0. The Morgan fingerprint density at radius 1 is 1.42 bits per heavy atom. The lowest BCUT2D eigenvalue weighted by Gasteiger charge is -2.02. The van der Waals surface area contributed by atoms with Crippen molar-refractivity contribution in [2.45, 2.75) is 23.1 Å². The van der Waals surface area contributed by atoms with Crippen LogP contribution in [-0.2, 0) is 11.2 Å². The molecule has 0 bridgehead atoms. The molecule has 12 heavy (non-hydrogen) atoms. The largest absolute Gasteiger partial charge is 0.300 e. The van der Waals surface area contributed by atoms with Crippen molar-refractivity contribution >= 4 is 31.0 Å². The quantitative estimate of drug-likeness (QED) is 0.698. The molecule has 0 fully saturated rings. The summed E-state index contributed by atoms with van der Waals surface area (Å²) >= 11 is 8.40. The SMILES string of the molecule is CC(=O)Cc1ccc(S)cc1S. The van der Waals surface area contributed by atoms with Crippen LogP contribution in [0.5, 0.6) is 0 Å². The fourth-order valence-corrected chi connectivity index (χ4v) is 1.57. The number of benzene rings is 1. The highest BCUT2D eigenvalue weighted by Gasteiger charge is 2.01. The molecular formula is C9H10OS2. The van der Waals surface area contributed by atoms with Gasteiger partial charge in [-0.1, -0.05) is 6.07 Å². The predicted octanol–water partition coefficient (Wildman–Crippen LogP) is 2.40. The third kappa shape index (κ3) is 2.57. The number of thiol groups is 2. The van der Waals surface area contributed by atoms with Crippen molar-refractivity contribution in [2.24, 2.45) is 0 Å². The summed E-state index contributed by atoms with van der Waals surface area (Å²) in [7, 11) is 0. The lowest BCUT2D eigenvalue weighted by atomic mass is 10.1. The van der Waals surface area contributed by atoms with Crippen LogP contribution in [-0.4, -0.2) is 5.78 Å². The summed E-state index contributed by atoms with van der Waals surface area (Å²) in [4.78, 5) is 12.5. The first-order valence-corrected chi connectivity index (χ1v) is 4.49. The van der Waals surface area contributed by atoms with Crippen LogP contribution in [0.15, 0.2) is 28.0 Å². The molecule has 0 aliphatic carbocycles. The molecule has 1 aromatic carbocycles. The predicted molar refractivity (Wildman–Crippen MR) is 55.3 cm³/mol. The topological polar surface area (TPSA) is 17.1 Å². The van der Waals surface area contributed by atoms with Crippen LogP contribution in [0.25, 0.3) is 0 Å². The van der Waals surface area contributed by atoms with Crippen LogP contribution in [0.1, 0.15) is 12.5 Å². The summed E-state index contributed by atoms with van der Waals surface area (Å²) < 4.78 is 0. The van der Waals surface area contributed by atoms with Crippen molar-refractivity contribution in [1.82, 2.24) is 0 Å². The number of carbonyl (C=O) groups excluding carboxylic acids is 1. The Labute approximate surface area is 83.0 Å². The molecule has 0 saturated heterocycles. The van der Waals surface area contributed by atoms with Crippen LogP contribution in [0.3, 0.4) is 0 Å². The molecule has 0 radical (unpaired) electrons. The Morgan fingerprint density at radius 2 is 2.08 bits per heavy atom. The second kappa shape index (κ2) is 4.01. The van der Waals surface area contributed by atoms with Crippen molar-refractivity contribution in [1.29, 1.82) is 0 Å². The second-order valence-electron chi connectivity index (χ2n) is 2.69. The molecule has 0 aliphatic heterocycles. The van der Waals surface area contributed by atoms with Crippen molar-refractivity contribution in [2.75, 3.05) is 0 Å². The van der Waals surface area contributed by atoms with Crippen molar-refractivity contribution in [3.05, 3.63) is 23.8 Å². The zero-order valence-corrected chi connectivity index (χ0v) is 8.53. The minimum atomic E-state index is 0.150. The minimum absolute atomic E-state index is 0.150. The number of rotatable bonds is 2. The van der Waals surface area contributed by atoms with E-state index in [1.54, 1.807) is 6.92 Å². The summed E-state index contributed by atoms with van der Waals surface area (Å²) in [6.45, 7) is 1.57. The van der Waals surface area contributed by atoms with E-state index in [1.165, 1.54) is 0 Å². The maximum Gasteiger partial charge on any atom is 0.134 e. The summed E-state index contributed by atoms with van der Waals surface area (Å²) in [6.07, 6.45) is 0.451. The summed E-state index contributed by atoms with van der Waals surface area (Å²) in [5.41, 5.74) is 0.962. The number of carbonyl (C=O) groups is 1. The molecule has 0 amide bonds. The van der Waals surface area contributed by atoms with Crippen LogP contribution >= 0.6 is 25.3 Å². The van der Waals surface area contributed by atoms with E-state index in [2.05, 4.69) is 25.3 Å². The Morgan fingerprint density at radius 3 is 2.58 bits per heavy atom. The lowest BCUT2D eigenvalue weighted by molar-refractivity contribution is -0.116. The van der Waals surface area contributed by atoms with Gasteiger partial charge in [-0.25, -0.2) is 0 Å². The summed E-state index contributed by atoms with van der Waals surface area (Å²) in [6, 6.07) is 5.58. The Bertz CT molecular complexity index is 307. The first kappa shape index (κ1) is 9.68. The normalized spacial score (nSPS) is 9.92. The average molecular weight is 198 g/mol. The van der Waals surface area contributed by atoms with Crippen LogP contribution in [0, 0.1) is 0 Å². The van der Waals surface area contributed by atoms with Gasteiger partial charge in [-0.2, -0.15) is 0 Å². The monoisotopic (exact) mass is 198 g/mol. The Kier molecular flexibility index (Phi) is 3.23. The third-order valence-corrected chi connectivity index (χ3v) is 2.20. The van der Waals surface area contributed by atoms with Gasteiger partial charge in [-0.15, -0.1) is 25.3 Å². The van der Waals surface area contributed by atoms with Gasteiger partial charge in [-0.05, 0) is 24.6 Å². The molecule has 0 aliphatic rings. The standard InChI is InChI=1S/C9H10OS2/c1-6(10)4-7-2-3-8(11)5-9(7)12/h2-3,5,11-12H,4H2,1H3. The van der Waals surface area contributed by atoms with E-state index in [9.17, 15) is 4.79 Å². The highest BCUT2D eigenvalue weighted by molar-refractivity contribution is 7.81. The van der Waals surface area contributed by atoms with Crippen molar-refractivity contribution in [3.63, 3.8) is 0 Å². The van der Waals surface area contributed by atoms with E-state index in [0.29, 0.717) is 6.42 Å². The molecule has 0 spiro atoms. The number of Topliss-reactive ketones (excluding diaryl/α,β-unsaturated/α-hetero) is 1. The van der Waals surface area contributed by atoms with Gasteiger partial charge in [0, 0.05) is 16.2 Å². The van der Waals surface area contributed by atoms with E-state index in [0.717, 1.165) is 15.4 Å². The van der Waals surface area contributed by atoms with Gasteiger partial charge in [0.2, 0.25) is 0 Å². The van der Waals surface area contributed by atoms with Gasteiger partial charge in [0.05, 0.1) is 0 Å². The Hall–Kier alpha value is -0.410. The molecule has 0 heterocycles. The zero-order valence-electron chi connectivity index (χ0n) is 6.74. The van der Waals surface area contributed by atoms with Gasteiger partial charge < -0.3 is 0 Å². The van der Waals surface area contributed by atoms with E-state index in [4.69, 9.17) is 0 Å². The average Bonchev–Trinajstić information content (AvgIpc) is 1.94. The molecule has 1 aromatic rings. The fraction of sp³-hybridized carbons (Fsp3) is 0.222. The molecule has 1 nitrogen and oxygen atoms in total. The molecule has 0 N–H and O–H groups in total. The van der Waals surface area contributed by atoms with Gasteiger partial charge in [0.1, 0.15) is 5.78 Å². The van der Waals surface area contributed by atoms with Crippen LogP contribution in [0.4, 0.5) is 0 Å². The molecular weight excluding hydrogens is 188 g/mol. The van der Waals surface area contributed by atoms with Crippen LogP contribution in [0.2, 0.25) is 0 Å². The van der Waals surface area contributed by atoms with Crippen molar-refractivity contribution in [3.8, 4) is 0 Å². The number of hydrogen-bond donors (Lipinski definition) is 2. The highest BCUT2D eigenvalue weighted by Crippen LogP contribution is 2.18. The fourth-order valence-electron chi connectivity index (χ4n) is 0.970. The minimum Gasteiger partial charge on any atom is -0.300 e. The maximum atomic E-state index is 10.8. The maximum absolute atomic E-state index is 10.8. The molecule has 0 aromatic heterocycles. The van der Waals surface area contributed by atoms with Gasteiger partial charge in [0.15, 0.2) is 0 Å². The van der Waals surface area contributed by atoms with E-state index >= 15 is 0 Å². The highest BCUT2D eigenvalue weighted by atomic mass is 32.1. The first-order valence-electron chi connectivity index (χ1n) is 3.60. The van der Waals surface area contributed by atoms with E-state index < -0.39 is 0 Å². The van der Waals surface area contributed by atoms with Gasteiger partial charge in [-0.3, -0.25) is 4.79 Å². The smallest absolute Gasteiger partial charge is 0.134 e. The lowest BCUT2D eigenvalue weighted by Crippen LogP contribution is -1.96. The molecule has 1 rings (SSSR count). The number of ketones is 1. The molecule has 0 saturated carbocycles. The molecule has 0 unspecified atom stereocenters. The van der Waals surface area contributed by atoms with Crippen LogP contribution < -0.4 is 0 Å². The third-order valence-electron chi connectivity index (χ3n) is 1.51. The molecule has 64 valence electrons. The van der Waals surface area contributed by atoms with E-state index in [-0.39, 0.29) is 5.78 Å². The Balaban J connectivity index is 2.93. The zero-order chi connectivity index (χ0) is 9.14. The first-order chi connectivity index (χ1) is 5.59. The summed E-state index contributed by atoms with van der Waals surface area (Å²) in [5.74, 6) is 0.150. The van der Waals surface area contributed by atoms with Crippen molar-refractivity contribution < 1.29 is 4.79 Å². The van der Waals surface area contributed by atoms with Gasteiger partial charge >= 0.3 is 0 Å². The molecule has 0 atom stereocenters.